The van der Waals surface area contributed by atoms with Gasteiger partial charge in [0.05, 0.1) is 18.6 Å². The molecule has 1 atom stereocenters. The Hall–Kier alpha value is -1.30. The molecule has 0 rings (SSSR count). The van der Waals surface area contributed by atoms with E-state index >= 15 is 0 Å². The highest BCUT2D eigenvalue weighted by Crippen LogP contribution is 2.06. The highest BCUT2D eigenvalue weighted by molar-refractivity contribution is 5.78. The minimum Gasteiger partial charge on any atom is -0.548 e. The Morgan fingerprint density at radius 3 is 2.29 bits per heavy atom. The lowest BCUT2D eigenvalue weighted by molar-refractivity contribution is -0.309. The normalized spacial score (nSPS) is 13.1. The zero-order valence-electron chi connectivity index (χ0n) is 8.36. The minimum atomic E-state index is -1.56. The van der Waals surface area contributed by atoms with Gasteiger partial charge in [-0.15, -0.1) is 0 Å². The highest BCUT2D eigenvalue weighted by atomic mass is 16.6. The van der Waals surface area contributed by atoms with E-state index in [9.17, 15) is 14.7 Å². The second-order valence-electron chi connectivity index (χ2n) is 3.70. The largest absolute Gasteiger partial charge is 0.548 e. The van der Waals surface area contributed by atoms with E-state index in [-0.39, 0.29) is 0 Å². The molecule has 0 fully saturated rings. The Morgan fingerprint density at radius 1 is 1.50 bits per heavy atom. The van der Waals surface area contributed by atoms with Gasteiger partial charge in [0.2, 0.25) is 0 Å². The van der Waals surface area contributed by atoms with Crippen molar-refractivity contribution in [3.63, 3.8) is 0 Å². The van der Waals surface area contributed by atoms with Gasteiger partial charge in [-0.3, -0.25) is 0 Å². The summed E-state index contributed by atoms with van der Waals surface area (Å²) in [7, 11) is 0. The van der Waals surface area contributed by atoms with Gasteiger partial charge in [-0.1, -0.05) is 0 Å². The molecule has 0 aliphatic rings. The molecular weight excluding hydrogens is 190 g/mol. The van der Waals surface area contributed by atoms with Crippen LogP contribution in [0.2, 0.25) is 0 Å². The standard InChI is InChI=1S/C8H15NO5/c1-8(2,3)14-7(13)9-5(4-10)6(11)12/h5,10H,4H2,1-3H3,(H,9,13)(H,11,12)/p-1/t5-/m1/s1. The molecule has 2 N–H and O–H groups in total. The smallest absolute Gasteiger partial charge is 0.408 e. The fraction of sp³-hybridized carbons (Fsp3) is 0.750. The van der Waals surface area contributed by atoms with Crippen LogP contribution in [0.25, 0.3) is 0 Å². The fourth-order valence-electron chi connectivity index (χ4n) is 0.629. The summed E-state index contributed by atoms with van der Waals surface area (Å²) in [5, 5.41) is 20.8. The summed E-state index contributed by atoms with van der Waals surface area (Å²) in [6, 6.07) is -1.44. The van der Waals surface area contributed by atoms with Gasteiger partial charge < -0.3 is 25.1 Å². The third-order valence-electron chi connectivity index (χ3n) is 1.16. The molecule has 0 unspecified atom stereocenters. The molecule has 82 valence electrons. The number of alkyl carbamates (subject to hydrolysis) is 1. The first-order valence-corrected chi connectivity index (χ1v) is 4.07. The molecule has 0 radical (unpaired) electrons. The Labute approximate surface area is 81.9 Å². The van der Waals surface area contributed by atoms with Crippen LogP contribution >= 0.6 is 0 Å². The average Bonchev–Trinajstić information content (AvgIpc) is 1.96. The van der Waals surface area contributed by atoms with Gasteiger partial charge in [-0.2, -0.15) is 0 Å². The zero-order valence-corrected chi connectivity index (χ0v) is 8.36. The van der Waals surface area contributed by atoms with Crippen LogP contribution < -0.4 is 10.4 Å². The van der Waals surface area contributed by atoms with Crippen molar-refractivity contribution in [1.82, 2.24) is 5.32 Å². The van der Waals surface area contributed by atoms with Crippen LogP contribution in [0.4, 0.5) is 4.79 Å². The van der Waals surface area contributed by atoms with E-state index < -0.39 is 30.3 Å². The molecule has 0 aliphatic heterocycles. The van der Waals surface area contributed by atoms with Crippen molar-refractivity contribution in [3.8, 4) is 0 Å². The van der Waals surface area contributed by atoms with Gasteiger partial charge >= 0.3 is 6.09 Å². The SMILES string of the molecule is CC(C)(C)OC(=O)N[C@H](CO)C(=O)[O-]. The topological polar surface area (TPSA) is 98.7 Å². The van der Waals surface area contributed by atoms with Crippen LogP contribution in [0, 0.1) is 0 Å². The number of hydrogen-bond donors (Lipinski definition) is 2. The molecule has 0 spiro atoms. The van der Waals surface area contributed by atoms with E-state index in [1.165, 1.54) is 0 Å². The van der Waals surface area contributed by atoms with Crippen molar-refractivity contribution in [1.29, 1.82) is 0 Å². The maximum Gasteiger partial charge on any atom is 0.408 e. The lowest BCUT2D eigenvalue weighted by Crippen LogP contribution is -2.51. The van der Waals surface area contributed by atoms with Crippen LogP contribution in [0.1, 0.15) is 20.8 Å². The summed E-state index contributed by atoms with van der Waals surface area (Å²) in [5.41, 5.74) is -0.712. The quantitative estimate of drug-likeness (QED) is 0.590. The van der Waals surface area contributed by atoms with Gasteiger partial charge in [0, 0.05) is 0 Å². The van der Waals surface area contributed by atoms with Crippen LogP contribution in [-0.2, 0) is 9.53 Å². The summed E-state index contributed by atoms with van der Waals surface area (Å²) >= 11 is 0. The third-order valence-corrected chi connectivity index (χ3v) is 1.16. The Bertz CT molecular complexity index is 220. The number of hydrogen-bond acceptors (Lipinski definition) is 5. The first kappa shape index (κ1) is 12.7. The maximum atomic E-state index is 11.0. The van der Waals surface area contributed by atoms with Gasteiger partial charge in [0.15, 0.2) is 0 Å². The van der Waals surface area contributed by atoms with Crippen LogP contribution in [-0.4, -0.2) is 35.4 Å². The first-order valence-electron chi connectivity index (χ1n) is 4.07. The molecule has 6 heteroatoms. The molecule has 1 amide bonds. The maximum absolute atomic E-state index is 11.0. The summed E-state index contributed by atoms with van der Waals surface area (Å²) in [4.78, 5) is 21.3. The predicted octanol–water partition coefficient (Wildman–Crippen LogP) is -1.38. The van der Waals surface area contributed by atoms with Gasteiger partial charge in [0.25, 0.3) is 0 Å². The number of nitrogens with one attached hydrogen (secondary N) is 1. The van der Waals surface area contributed by atoms with Crippen molar-refractivity contribution >= 4 is 12.1 Å². The molecule has 0 saturated heterocycles. The number of aliphatic hydroxyl groups excluding tert-OH is 1. The second kappa shape index (κ2) is 4.80. The molecule has 0 heterocycles. The van der Waals surface area contributed by atoms with Crippen molar-refractivity contribution in [2.75, 3.05) is 6.61 Å². The van der Waals surface area contributed by atoms with Crippen molar-refractivity contribution in [2.45, 2.75) is 32.4 Å². The molecule has 0 aromatic heterocycles. The molecule has 0 aliphatic carbocycles. The van der Waals surface area contributed by atoms with E-state index in [4.69, 9.17) is 9.84 Å². The number of rotatable bonds is 3. The van der Waals surface area contributed by atoms with E-state index in [0.717, 1.165) is 0 Å². The minimum absolute atomic E-state index is 0.712. The van der Waals surface area contributed by atoms with E-state index in [2.05, 4.69) is 0 Å². The number of aliphatic hydroxyl groups is 1. The van der Waals surface area contributed by atoms with Gasteiger partial charge in [-0.05, 0) is 20.8 Å². The molecule has 0 saturated carbocycles. The monoisotopic (exact) mass is 204 g/mol. The van der Waals surface area contributed by atoms with E-state index in [1.807, 2.05) is 5.32 Å². The van der Waals surface area contributed by atoms with E-state index in [1.54, 1.807) is 20.8 Å². The molecule has 0 aromatic rings. The van der Waals surface area contributed by atoms with Crippen LogP contribution in [0.3, 0.4) is 0 Å². The number of carbonyl (C=O) groups excluding carboxylic acids is 2. The molecule has 0 bridgehead atoms. The fourth-order valence-corrected chi connectivity index (χ4v) is 0.629. The van der Waals surface area contributed by atoms with E-state index in [0.29, 0.717) is 0 Å². The highest BCUT2D eigenvalue weighted by Gasteiger charge is 2.19. The summed E-state index contributed by atoms with van der Waals surface area (Å²) < 4.78 is 4.77. The van der Waals surface area contributed by atoms with Crippen molar-refractivity contribution < 1.29 is 24.5 Å². The second-order valence-corrected chi connectivity index (χ2v) is 3.70. The number of amides is 1. The lowest BCUT2D eigenvalue weighted by Gasteiger charge is -2.23. The average molecular weight is 204 g/mol. The summed E-state index contributed by atoms with van der Waals surface area (Å²) in [6.45, 7) is 4.18. The van der Waals surface area contributed by atoms with Crippen LogP contribution in [0.15, 0.2) is 0 Å². The predicted molar refractivity (Wildman–Crippen MR) is 45.3 cm³/mol. The summed E-state index contributed by atoms with van der Waals surface area (Å²) in [6.07, 6.45) is -0.902. The van der Waals surface area contributed by atoms with Gasteiger partial charge in [0.1, 0.15) is 5.60 Å². The third kappa shape index (κ3) is 5.36. The summed E-state index contributed by atoms with van der Waals surface area (Å²) in [5.74, 6) is -1.56. The molecular formula is C8H14NO5-. The molecule has 0 aromatic carbocycles. The van der Waals surface area contributed by atoms with Crippen molar-refractivity contribution in [2.24, 2.45) is 0 Å². The number of carbonyl (C=O) groups is 2. The molecule has 6 nitrogen and oxygen atoms in total. The Balaban J connectivity index is 4.11. The zero-order chi connectivity index (χ0) is 11.4. The number of aliphatic carboxylic acids is 1. The van der Waals surface area contributed by atoms with Crippen molar-refractivity contribution in [3.05, 3.63) is 0 Å². The number of carboxylic acids is 1. The van der Waals surface area contributed by atoms with Gasteiger partial charge in [-0.25, -0.2) is 4.79 Å². The molecule has 14 heavy (non-hydrogen) atoms. The lowest BCUT2D eigenvalue weighted by atomic mass is 10.2. The Morgan fingerprint density at radius 2 is 2.00 bits per heavy atom. The number of carboxylic acid groups (broad SMARTS) is 1. The first-order chi connectivity index (χ1) is 6.26. The van der Waals surface area contributed by atoms with Crippen LogP contribution in [0.5, 0.6) is 0 Å². The number of ether oxygens (including phenoxy) is 1. The Kier molecular flexibility index (Phi) is 4.36.